The lowest BCUT2D eigenvalue weighted by Gasteiger charge is -2.22. The zero-order chi connectivity index (χ0) is 14.8. The minimum absolute atomic E-state index is 0.0444. The predicted octanol–water partition coefficient (Wildman–Crippen LogP) is 1.95. The highest BCUT2D eigenvalue weighted by molar-refractivity contribution is 6.03. The number of hydrogen-bond acceptors (Lipinski definition) is 4. The van der Waals surface area contributed by atoms with E-state index < -0.39 is 17.4 Å². The molecule has 6 heteroatoms. The average molecular weight is 278 g/mol. The highest BCUT2D eigenvalue weighted by Crippen LogP contribution is 2.31. The summed E-state index contributed by atoms with van der Waals surface area (Å²) >= 11 is 0. The van der Waals surface area contributed by atoms with Gasteiger partial charge in [-0.1, -0.05) is 19.3 Å². The van der Waals surface area contributed by atoms with Crippen molar-refractivity contribution < 1.29 is 19.8 Å². The normalized spacial score (nSPS) is 16.9. The van der Waals surface area contributed by atoms with Crippen LogP contribution >= 0.6 is 0 Å². The lowest BCUT2D eigenvalue weighted by atomic mass is 9.85. The van der Waals surface area contributed by atoms with Gasteiger partial charge >= 0.3 is 11.9 Å². The number of rotatable bonds is 4. The maximum Gasteiger partial charge on any atom is 0.327 e. The summed E-state index contributed by atoms with van der Waals surface area (Å²) in [5.41, 5.74) is -1.28. The summed E-state index contributed by atoms with van der Waals surface area (Å²) in [4.78, 5) is 30.7. The molecule has 1 saturated carbocycles. The Bertz CT molecular complexity index is 492. The highest BCUT2D eigenvalue weighted by atomic mass is 16.4. The number of carbonyl (C=O) groups is 2. The second-order valence-corrected chi connectivity index (χ2v) is 5.40. The molecular formula is C14H18N2O4. The lowest BCUT2D eigenvalue weighted by molar-refractivity contribution is -0.156. The van der Waals surface area contributed by atoms with Crippen LogP contribution in [0.15, 0.2) is 12.4 Å². The van der Waals surface area contributed by atoms with Crippen molar-refractivity contribution >= 4 is 11.9 Å². The molecule has 2 rings (SSSR count). The van der Waals surface area contributed by atoms with Crippen LogP contribution in [0.3, 0.4) is 0 Å². The first-order valence-corrected chi connectivity index (χ1v) is 6.75. The molecule has 0 aliphatic heterocycles. The molecular weight excluding hydrogens is 260 g/mol. The third-order valence-electron chi connectivity index (χ3n) is 4.06. The molecule has 2 N–H and O–H groups in total. The molecule has 20 heavy (non-hydrogen) atoms. The summed E-state index contributed by atoms with van der Waals surface area (Å²) in [5.74, 6) is -2.53. The van der Waals surface area contributed by atoms with E-state index >= 15 is 0 Å². The average Bonchev–Trinajstić information content (AvgIpc) is 2.47. The van der Waals surface area contributed by atoms with Gasteiger partial charge in [-0.05, 0) is 19.8 Å². The SMILES string of the molecule is CC(C(=O)O)(C(=O)O)c1cnc(C2CCCCC2)cn1. The quantitative estimate of drug-likeness (QED) is 0.816. The number of carboxylic acid groups (broad SMARTS) is 2. The Kier molecular flexibility index (Phi) is 4.01. The molecule has 108 valence electrons. The molecule has 6 nitrogen and oxygen atoms in total. The minimum Gasteiger partial charge on any atom is -0.480 e. The van der Waals surface area contributed by atoms with Crippen LogP contribution in [-0.2, 0) is 15.0 Å². The van der Waals surface area contributed by atoms with E-state index in [2.05, 4.69) is 9.97 Å². The Morgan fingerprint density at radius 2 is 1.70 bits per heavy atom. The first-order valence-electron chi connectivity index (χ1n) is 6.75. The molecule has 0 unspecified atom stereocenters. The number of aliphatic carboxylic acids is 2. The molecule has 1 aromatic rings. The van der Waals surface area contributed by atoms with E-state index in [0.29, 0.717) is 5.92 Å². The fourth-order valence-corrected chi connectivity index (χ4v) is 2.52. The zero-order valence-corrected chi connectivity index (χ0v) is 11.4. The Labute approximate surface area is 116 Å². The van der Waals surface area contributed by atoms with Crippen molar-refractivity contribution in [3.8, 4) is 0 Å². The van der Waals surface area contributed by atoms with Gasteiger partial charge in [-0.25, -0.2) is 0 Å². The number of nitrogens with zero attached hydrogens (tertiary/aromatic N) is 2. The van der Waals surface area contributed by atoms with Crippen LogP contribution in [0.5, 0.6) is 0 Å². The summed E-state index contributed by atoms with van der Waals surface area (Å²) in [5, 5.41) is 18.3. The zero-order valence-electron chi connectivity index (χ0n) is 11.4. The second kappa shape index (κ2) is 5.56. The molecule has 0 saturated heterocycles. The van der Waals surface area contributed by atoms with Crippen molar-refractivity contribution in [3.05, 3.63) is 23.8 Å². The van der Waals surface area contributed by atoms with Crippen LogP contribution in [0.25, 0.3) is 0 Å². The van der Waals surface area contributed by atoms with Crippen molar-refractivity contribution in [1.82, 2.24) is 9.97 Å². The smallest absolute Gasteiger partial charge is 0.327 e. The minimum atomic E-state index is -2.06. The van der Waals surface area contributed by atoms with Crippen molar-refractivity contribution in [1.29, 1.82) is 0 Å². The van der Waals surface area contributed by atoms with Gasteiger partial charge in [0.05, 0.1) is 17.6 Å². The van der Waals surface area contributed by atoms with E-state index in [1.54, 1.807) is 0 Å². The first-order chi connectivity index (χ1) is 9.46. The van der Waals surface area contributed by atoms with Gasteiger partial charge in [-0.2, -0.15) is 0 Å². The third kappa shape index (κ3) is 2.50. The Balaban J connectivity index is 2.26. The van der Waals surface area contributed by atoms with Gasteiger partial charge in [0, 0.05) is 12.1 Å². The van der Waals surface area contributed by atoms with Gasteiger partial charge < -0.3 is 10.2 Å². The third-order valence-corrected chi connectivity index (χ3v) is 4.06. The van der Waals surface area contributed by atoms with Crippen LogP contribution in [0, 0.1) is 0 Å². The van der Waals surface area contributed by atoms with Crippen LogP contribution < -0.4 is 0 Å². The fourth-order valence-electron chi connectivity index (χ4n) is 2.52. The van der Waals surface area contributed by atoms with Crippen LogP contribution in [0.2, 0.25) is 0 Å². The van der Waals surface area contributed by atoms with E-state index in [9.17, 15) is 9.59 Å². The first kappa shape index (κ1) is 14.4. The molecule has 1 aliphatic rings. The number of aromatic nitrogens is 2. The van der Waals surface area contributed by atoms with Gasteiger partial charge in [-0.15, -0.1) is 0 Å². The molecule has 0 amide bonds. The Morgan fingerprint density at radius 3 is 2.15 bits per heavy atom. The van der Waals surface area contributed by atoms with E-state index in [1.807, 2.05) is 0 Å². The standard InChI is InChI=1S/C14H18N2O4/c1-14(12(17)18,13(19)20)11-8-15-10(7-16-11)9-5-3-2-4-6-9/h7-9H,2-6H2,1H3,(H,17,18)(H,19,20). The Morgan fingerprint density at radius 1 is 1.10 bits per heavy atom. The summed E-state index contributed by atoms with van der Waals surface area (Å²) in [6, 6.07) is 0. The molecule has 0 spiro atoms. The molecule has 1 heterocycles. The summed E-state index contributed by atoms with van der Waals surface area (Å²) in [6.07, 6.45) is 8.48. The molecule has 0 radical (unpaired) electrons. The molecule has 0 aromatic carbocycles. The van der Waals surface area contributed by atoms with E-state index in [0.717, 1.165) is 38.3 Å². The van der Waals surface area contributed by atoms with Gasteiger partial charge in [0.1, 0.15) is 0 Å². The van der Waals surface area contributed by atoms with Crippen LogP contribution in [0.4, 0.5) is 0 Å². The lowest BCUT2D eigenvalue weighted by Crippen LogP contribution is -2.41. The molecule has 0 atom stereocenters. The Hall–Kier alpha value is -1.98. The van der Waals surface area contributed by atoms with Crippen molar-refractivity contribution in [2.24, 2.45) is 0 Å². The fraction of sp³-hybridized carbons (Fsp3) is 0.571. The van der Waals surface area contributed by atoms with Gasteiger partial charge in [0.25, 0.3) is 0 Å². The molecule has 1 aromatic heterocycles. The van der Waals surface area contributed by atoms with E-state index in [1.165, 1.54) is 18.8 Å². The van der Waals surface area contributed by atoms with Crippen LogP contribution in [-0.4, -0.2) is 32.1 Å². The van der Waals surface area contributed by atoms with Gasteiger partial charge in [0.2, 0.25) is 5.41 Å². The topological polar surface area (TPSA) is 100 Å². The molecule has 1 fully saturated rings. The maximum absolute atomic E-state index is 11.2. The van der Waals surface area contributed by atoms with E-state index in [-0.39, 0.29) is 5.69 Å². The van der Waals surface area contributed by atoms with Gasteiger partial charge in [-0.3, -0.25) is 19.6 Å². The van der Waals surface area contributed by atoms with Crippen molar-refractivity contribution in [3.63, 3.8) is 0 Å². The van der Waals surface area contributed by atoms with Crippen LogP contribution in [0.1, 0.15) is 56.3 Å². The predicted molar refractivity (Wildman–Crippen MR) is 70.5 cm³/mol. The van der Waals surface area contributed by atoms with Crippen molar-refractivity contribution in [2.45, 2.75) is 50.4 Å². The monoisotopic (exact) mass is 278 g/mol. The van der Waals surface area contributed by atoms with Crippen molar-refractivity contribution in [2.75, 3.05) is 0 Å². The summed E-state index contributed by atoms with van der Waals surface area (Å²) in [7, 11) is 0. The number of carboxylic acids is 2. The maximum atomic E-state index is 11.2. The van der Waals surface area contributed by atoms with Gasteiger partial charge in [0.15, 0.2) is 0 Å². The molecule has 0 bridgehead atoms. The summed E-state index contributed by atoms with van der Waals surface area (Å²) < 4.78 is 0. The van der Waals surface area contributed by atoms with E-state index in [4.69, 9.17) is 10.2 Å². The number of hydrogen-bond donors (Lipinski definition) is 2. The summed E-state index contributed by atoms with van der Waals surface area (Å²) in [6.45, 7) is 1.13. The largest absolute Gasteiger partial charge is 0.480 e. The highest BCUT2D eigenvalue weighted by Gasteiger charge is 2.45. The molecule has 1 aliphatic carbocycles. The second-order valence-electron chi connectivity index (χ2n) is 5.40.